The van der Waals surface area contributed by atoms with Gasteiger partial charge in [0.2, 0.25) is 27.7 Å². The van der Waals surface area contributed by atoms with Gasteiger partial charge in [0.25, 0.3) is 5.91 Å². The number of methoxy groups -OCH3 is 1. The van der Waals surface area contributed by atoms with Crippen molar-refractivity contribution < 1.29 is 46.6 Å². The fourth-order valence-corrected chi connectivity index (χ4v) is 9.39. The molecule has 3 fully saturated rings. The minimum atomic E-state index is -4.04. The molecule has 2 aliphatic carbocycles. The van der Waals surface area contributed by atoms with Crippen molar-refractivity contribution in [2.75, 3.05) is 13.7 Å². The average molecular weight is 806 g/mol. The molecule has 16 heteroatoms. The highest BCUT2D eigenvalue weighted by Gasteiger charge is 2.63. The van der Waals surface area contributed by atoms with Crippen molar-refractivity contribution in [3.05, 3.63) is 66.5 Å². The number of benzene rings is 2. The van der Waals surface area contributed by atoms with Crippen molar-refractivity contribution in [2.45, 2.75) is 94.2 Å². The molecule has 0 spiro atoms. The molecule has 2 unspecified atom stereocenters. The molecule has 4 N–H and O–H groups in total. The lowest BCUT2D eigenvalue weighted by molar-refractivity contribution is -0.142. The van der Waals surface area contributed by atoms with E-state index in [4.69, 9.17) is 14.5 Å². The topological polar surface area (TPSA) is 193 Å². The zero-order chi connectivity index (χ0) is 40.9. The third kappa shape index (κ3) is 8.14. The molecule has 7 rings (SSSR count). The summed E-state index contributed by atoms with van der Waals surface area (Å²) in [6.45, 7) is 5.24. The monoisotopic (exact) mass is 805 g/mol. The number of sulfonamides is 1. The Labute approximate surface area is 330 Å². The van der Waals surface area contributed by atoms with Gasteiger partial charge in [0.1, 0.15) is 35.3 Å². The van der Waals surface area contributed by atoms with Gasteiger partial charge in [-0.25, -0.2) is 22.6 Å². The number of pyridine rings is 1. The van der Waals surface area contributed by atoms with Crippen LogP contribution in [0.4, 0.5) is 9.18 Å². The molecule has 2 aromatic carbocycles. The maximum absolute atomic E-state index is 14.6. The Morgan fingerprint density at radius 2 is 1.81 bits per heavy atom. The Morgan fingerprint density at radius 3 is 2.49 bits per heavy atom. The van der Waals surface area contributed by atoms with Gasteiger partial charge in [0, 0.05) is 23.3 Å². The predicted octanol–water partition coefficient (Wildman–Crippen LogP) is 4.92. The van der Waals surface area contributed by atoms with Crippen molar-refractivity contribution in [1.82, 2.24) is 25.2 Å². The number of carbonyl (C=O) groups is 4. The summed E-state index contributed by atoms with van der Waals surface area (Å²) in [5.41, 5.74) is -0.505. The first-order valence-corrected chi connectivity index (χ1v) is 20.8. The number of ether oxygens (including phenoxy) is 2. The summed E-state index contributed by atoms with van der Waals surface area (Å²) in [4.78, 5) is 61.1. The van der Waals surface area contributed by atoms with E-state index in [1.54, 1.807) is 44.2 Å². The molecule has 2 saturated carbocycles. The van der Waals surface area contributed by atoms with Gasteiger partial charge in [-0.15, -0.1) is 0 Å². The number of halogens is 1. The highest BCUT2D eigenvalue weighted by Crippen LogP contribution is 2.48. The summed E-state index contributed by atoms with van der Waals surface area (Å²) >= 11 is 0. The third-order valence-corrected chi connectivity index (χ3v) is 14.1. The first kappa shape index (κ1) is 40.0. The maximum atomic E-state index is 14.6. The molecular formula is C41H48FN5O9S. The Morgan fingerprint density at radius 1 is 1.07 bits per heavy atom. The highest BCUT2D eigenvalue weighted by molar-refractivity contribution is 7.91. The first-order valence-electron chi connectivity index (χ1n) is 19.3. The zero-order valence-corrected chi connectivity index (χ0v) is 33.1. The summed E-state index contributed by atoms with van der Waals surface area (Å²) in [7, 11) is -2.50. The molecule has 3 aromatic rings. The third-order valence-electron chi connectivity index (χ3n) is 11.9. The van der Waals surface area contributed by atoms with Crippen molar-refractivity contribution >= 4 is 44.6 Å². The quantitative estimate of drug-likeness (QED) is 0.227. The number of nitrogens with zero attached hydrogens (tertiary/aromatic N) is 2. The Hall–Kier alpha value is -5.25. The zero-order valence-electron chi connectivity index (χ0n) is 32.3. The average Bonchev–Trinajstić information content (AvgIpc) is 4.05. The number of fused-ring (bicyclic) bond motifs is 3. The van der Waals surface area contributed by atoms with E-state index in [1.807, 2.05) is 25.1 Å². The fraction of sp³-hybridized carbons (Fsp3) is 0.488. The molecule has 0 radical (unpaired) electrons. The minimum absolute atomic E-state index is 0.0587. The molecule has 14 nitrogen and oxygen atoms in total. The SMILES string of the molecule is COc1ccc2c(O[C@@H]3C[C@H]4C(=O)NC5(C(=O)NS(=O)(=O)C6(C)CC6)CC5/C=C\CC[C@H](C)C[C@@H](C)[C@H](NC(=O)O)C(=O)N4C3)nc(-c3ccc(F)cc3)cc2c1. The molecule has 1 saturated heterocycles. The molecule has 57 heavy (non-hydrogen) atoms. The van der Waals surface area contributed by atoms with Crippen molar-refractivity contribution in [2.24, 2.45) is 17.8 Å². The number of allylic oxidation sites excluding steroid dienone is 1. The second-order valence-corrected chi connectivity index (χ2v) is 18.5. The van der Waals surface area contributed by atoms with E-state index in [9.17, 15) is 37.1 Å². The van der Waals surface area contributed by atoms with Gasteiger partial charge < -0.3 is 30.1 Å². The molecule has 4 aliphatic rings. The number of carbonyl (C=O) groups excluding carboxylic acids is 3. The van der Waals surface area contributed by atoms with Gasteiger partial charge in [-0.2, -0.15) is 0 Å². The molecule has 2 aliphatic heterocycles. The fourth-order valence-electron chi connectivity index (χ4n) is 8.08. The van der Waals surface area contributed by atoms with Crippen LogP contribution in [0.2, 0.25) is 0 Å². The Bertz CT molecular complexity index is 2230. The second-order valence-electron chi connectivity index (χ2n) is 16.3. The molecular weight excluding hydrogens is 758 g/mol. The smallest absolute Gasteiger partial charge is 0.405 e. The Balaban J connectivity index is 1.25. The first-order chi connectivity index (χ1) is 27.0. The van der Waals surface area contributed by atoms with Gasteiger partial charge in [-0.1, -0.05) is 26.0 Å². The van der Waals surface area contributed by atoms with Gasteiger partial charge in [0.15, 0.2) is 0 Å². The molecule has 0 bridgehead atoms. The van der Waals surface area contributed by atoms with E-state index >= 15 is 0 Å². The molecule has 304 valence electrons. The van der Waals surface area contributed by atoms with Crippen LogP contribution in [0.5, 0.6) is 11.6 Å². The normalized spacial score (nSPS) is 29.1. The summed E-state index contributed by atoms with van der Waals surface area (Å²) in [5, 5.41) is 16.4. The number of nitrogens with one attached hydrogen (secondary N) is 3. The van der Waals surface area contributed by atoms with Crippen LogP contribution in [0.1, 0.15) is 65.7 Å². The van der Waals surface area contributed by atoms with Gasteiger partial charge >= 0.3 is 6.09 Å². The van der Waals surface area contributed by atoms with Crippen LogP contribution < -0.4 is 24.8 Å². The van der Waals surface area contributed by atoms with Gasteiger partial charge in [-0.3, -0.25) is 19.1 Å². The number of rotatable bonds is 8. The van der Waals surface area contributed by atoms with Crippen molar-refractivity contribution in [3.63, 3.8) is 0 Å². The second kappa shape index (κ2) is 15.3. The van der Waals surface area contributed by atoms with E-state index in [0.29, 0.717) is 59.9 Å². The van der Waals surface area contributed by atoms with Crippen molar-refractivity contribution in [3.8, 4) is 22.9 Å². The lowest BCUT2D eigenvalue weighted by Crippen LogP contribution is -2.59. The van der Waals surface area contributed by atoms with Crippen LogP contribution in [0.15, 0.2) is 60.7 Å². The summed E-state index contributed by atoms with van der Waals surface area (Å²) < 4.78 is 53.4. The van der Waals surface area contributed by atoms with E-state index < -0.39 is 80.0 Å². The molecule has 4 amide bonds. The maximum Gasteiger partial charge on any atom is 0.405 e. The van der Waals surface area contributed by atoms with E-state index in [0.717, 1.165) is 0 Å². The number of hydrogen-bond acceptors (Lipinski definition) is 9. The summed E-state index contributed by atoms with van der Waals surface area (Å²) in [6.07, 6.45) is 4.28. The van der Waals surface area contributed by atoms with E-state index in [1.165, 1.54) is 24.1 Å². The molecule has 1 aromatic heterocycles. The summed E-state index contributed by atoms with van der Waals surface area (Å²) in [5.74, 6) is -2.70. The number of carboxylic acid groups (broad SMARTS) is 1. The number of amides is 4. The predicted molar refractivity (Wildman–Crippen MR) is 208 cm³/mol. The highest BCUT2D eigenvalue weighted by atomic mass is 32.2. The van der Waals surface area contributed by atoms with Crippen molar-refractivity contribution in [1.29, 1.82) is 0 Å². The van der Waals surface area contributed by atoms with E-state index in [-0.39, 0.29) is 31.2 Å². The van der Waals surface area contributed by atoms with Crippen LogP contribution >= 0.6 is 0 Å². The van der Waals surface area contributed by atoms with Crippen LogP contribution in [-0.4, -0.2) is 89.4 Å². The lowest BCUT2D eigenvalue weighted by Gasteiger charge is -2.32. The molecule has 7 atom stereocenters. The van der Waals surface area contributed by atoms with Crippen LogP contribution in [0, 0.1) is 23.6 Å². The summed E-state index contributed by atoms with van der Waals surface area (Å²) in [6, 6.07) is 10.5. The van der Waals surface area contributed by atoms with Crippen LogP contribution in [-0.2, 0) is 24.4 Å². The van der Waals surface area contributed by atoms with E-state index in [2.05, 4.69) is 15.4 Å². The number of aromatic nitrogens is 1. The minimum Gasteiger partial charge on any atom is -0.497 e. The van der Waals surface area contributed by atoms with Crippen LogP contribution in [0.3, 0.4) is 0 Å². The largest absolute Gasteiger partial charge is 0.497 e. The molecule has 3 heterocycles. The van der Waals surface area contributed by atoms with Crippen LogP contribution in [0.25, 0.3) is 22.0 Å². The lowest BCUT2D eigenvalue weighted by atomic mass is 9.88. The van der Waals surface area contributed by atoms with Gasteiger partial charge in [-0.05, 0) is 111 Å². The standard InChI is InChI=1S/C41H48FN5O9S/c1-23-7-5-6-8-27-21-41(27,38(50)46-57(53,54)40(3)15-16-40)45-35(48)33-20-30(22-47(33)37(49)34(24(2)17-23)44-39(51)52)56-36-31-14-13-29(55-4)18-26(31)19-32(43-36)25-9-11-28(42)12-10-25/h6,8-14,18-19,23-24,27,30,33-34,44H,5,7,15-17,20-22H2,1-4H3,(H,45,48)(H,46,50)(H,51,52)/b8-6-/t23-,24+,27?,30+,33-,34-,41?/m0/s1. The Kier molecular flexibility index (Phi) is 10.7. The number of hydrogen-bond donors (Lipinski definition) is 4. The van der Waals surface area contributed by atoms with Gasteiger partial charge in [0.05, 0.1) is 24.1 Å².